The second-order valence-electron chi connectivity index (χ2n) is 5.46. The van der Waals surface area contributed by atoms with E-state index in [1.807, 2.05) is 0 Å². The molecule has 0 amide bonds. The first-order valence-corrected chi connectivity index (χ1v) is 6.51. The van der Waals surface area contributed by atoms with Crippen LogP contribution in [-0.2, 0) is 19.3 Å². The number of fused-ring (bicyclic) bond motifs is 2. The minimum Gasteiger partial charge on any atom is -0.306 e. The molecule has 2 heterocycles. The molecule has 0 radical (unpaired) electrons. The number of aromatic amines is 1. The van der Waals surface area contributed by atoms with Gasteiger partial charge in [-0.05, 0) is 56.7 Å². The van der Waals surface area contributed by atoms with E-state index in [9.17, 15) is 0 Å². The van der Waals surface area contributed by atoms with E-state index in [0.717, 1.165) is 18.3 Å². The van der Waals surface area contributed by atoms with Crippen molar-refractivity contribution >= 4 is 0 Å². The molecule has 0 aromatic carbocycles. The quantitative estimate of drug-likeness (QED) is 0.778. The summed E-state index contributed by atoms with van der Waals surface area (Å²) in [6.07, 6.45) is 4.92. The summed E-state index contributed by atoms with van der Waals surface area (Å²) in [5, 5.41) is 7.71. The van der Waals surface area contributed by atoms with Gasteiger partial charge in [0.05, 0.1) is 5.69 Å². The molecule has 1 aliphatic heterocycles. The third kappa shape index (κ3) is 1.58. The van der Waals surface area contributed by atoms with Crippen LogP contribution in [0.1, 0.15) is 30.3 Å². The average molecular weight is 219 g/mol. The van der Waals surface area contributed by atoms with Gasteiger partial charge in [0, 0.05) is 12.2 Å². The van der Waals surface area contributed by atoms with Crippen LogP contribution < -0.4 is 0 Å². The third-order valence-corrected chi connectivity index (χ3v) is 4.40. The van der Waals surface area contributed by atoms with E-state index in [0.29, 0.717) is 0 Å². The van der Waals surface area contributed by atoms with Crippen molar-refractivity contribution in [3.8, 4) is 0 Å². The van der Waals surface area contributed by atoms with Crippen molar-refractivity contribution in [2.45, 2.75) is 32.6 Å². The van der Waals surface area contributed by atoms with Crippen LogP contribution in [0.15, 0.2) is 0 Å². The molecular weight excluding hydrogens is 198 g/mol. The van der Waals surface area contributed by atoms with Crippen LogP contribution in [0.2, 0.25) is 0 Å². The molecule has 1 N–H and O–H groups in total. The fourth-order valence-electron chi connectivity index (χ4n) is 3.43. The number of likely N-dealkylation sites (tertiary alicyclic amines) is 1. The summed E-state index contributed by atoms with van der Waals surface area (Å²) in [4.78, 5) is 2.48. The van der Waals surface area contributed by atoms with Crippen molar-refractivity contribution in [2.24, 2.45) is 11.8 Å². The number of aromatic nitrogens is 2. The number of aryl methyl sites for hydroxylation is 1. The maximum Gasteiger partial charge on any atom is 0.0654 e. The molecular formula is C13H21N3. The number of hydrogen-bond acceptors (Lipinski definition) is 2. The highest BCUT2D eigenvalue weighted by molar-refractivity contribution is 5.29. The molecule has 1 aliphatic carbocycles. The number of nitrogens with one attached hydrogen (secondary N) is 1. The molecule has 1 saturated heterocycles. The molecule has 0 spiro atoms. The second kappa shape index (κ2) is 3.88. The Balaban J connectivity index is 1.87. The Morgan fingerprint density at radius 2 is 2.25 bits per heavy atom. The van der Waals surface area contributed by atoms with Gasteiger partial charge in [-0.25, -0.2) is 0 Å². The molecule has 0 bridgehead atoms. The molecule has 88 valence electrons. The van der Waals surface area contributed by atoms with Crippen LogP contribution in [0.4, 0.5) is 0 Å². The number of H-pyrrole nitrogens is 1. The lowest BCUT2D eigenvalue weighted by atomic mass is 9.74. The average Bonchev–Trinajstić information content (AvgIpc) is 2.68. The second-order valence-corrected chi connectivity index (χ2v) is 5.46. The first-order chi connectivity index (χ1) is 7.78. The van der Waals surface area contributed by atoms with Crippen LogP contribution >= 0.6 is 0 Å². The van der Waals surface area contributed by atoms with Crippen molar-refractivity contribution in [1.29, 1.82) is 0 Å². The summed E-state index contributed by atoms with van der Waals surface area (Å²) >= 11 is 0. The van der Waals surface area contributed by atoms with E-state index < -0.39 is 0 Å². The van der Waals surface area contributed by atoms with Gasteiger partial charge in [0.1, 0.15) is 0 Å². The van der Waals surface area contributed by atoms with Gasteiger partial charge in [-0.3, -0.25) is 5.10 Å². The monoisotopic (exact) mass is 219 g/mol. The van der Waals surface area contributed by atoms with Crippen LogP contribution in [0.5, 0.6) is 0 Å². The fourth-order valence-corrected chi connectivity index (χ4v) is 3.43. The smallest absolute Gasteiger partial charge is 0.0654 e. The van der Waals surface area contributed by atoms with Gasteiger partial charge in [-0.15, -0.1) is 0 Å². The molecule has 2 atom stereocenters. The fraction of sp³-hybridized carbons (Fsp3) is 0.769. The first-order valence-electron chi connectivity index (χ1n) is 6.51. The lowest BCUT2D eigenvalue weighted by molar-refractivity contribution is 0.133. The normalized spacial score (nSPS) is 29.9. The topological polar surface area (TPSA) is 31.9 Å². The summed E-state index contributed by atoms with van der Waals surface area (Å²) in [5.41, 5.74) is 4.28. The van der Waals surface area contributed by atoms with E-state index in [2.05, 4.69) is 29.1 Å². The van der Waals surface area contributed by atoms with Crippen molar-refractivity contribution in [1.82, 2.24) is 15.1 Å². The number of piperidine rings is 1. The zero-order chi connectivity index (χ0) is 11.1. The Bertz CT molecular complexity index is 383. The SMILES string of the molecule is CCc1n[nH]c2c1C[C@@H]1CN(C)CC[C@H]1C2. The third-order valence-electron chi connectivity index (χ3n) is 4.40. The van der Waals surface area contributed by atoms with Crippen molar-refractivity contribution in [2.75, 3.05) is 20.1 Å². The summed E-state index contributed by atoms with van der Waals surface area (Å²) in [5.74, 6) is 1.77. The largest absolute Gasteiger partial charge is 0.306 e. The van der Waals surface area contributed by atoms with E-state index in [1.54, 1.807) is 5.56 Å². The van der Waals surface area contributed by atoms with Crippen molar-refractivity contribution < 1.29 is 0 Å². The van der Waals surface area contributed by atoms with Crippen LogP contribution in [-0.4, -0.2) is 35.2 Å². The highest BCUT2D eigenvalue weighted by Crippen LogP contribution is 2.35. The van der Waals surface area contributed by atoms with Crippen LogP contribution in [0.25, 0.3) is 0 Å². The van der Waals surface area contributed by atoms with Crippen molar-refractivity contribution in [3.63, 3.8) is 0 Å². The number of nitrogens with zero attached hydrogens (tertiary/aromatic N) is 2. The Hall–Kier alpha value is -0.830. The van der Waals surface area contributed by atoms with E-state index in [4.69, 9.17) is 0 Å². The van der Waals surface area contributed by atoms with Gasteiger partial charge in [-0.1, -0.05) is 6.92 Å². The Morgan fingerprint density at radius 1 is 1.38 bits per heavy atom. The van der Waals surface area contributed by atoms with Gasteiger partial charge >= 0.3 is 0 Å². The minimum atomic E-state index is 0.870. The lowest BCUT2D eigenvalue weighted by Gasteiger charge is -2.39. The maximum atomic E-state index is 4.45. The van der Waals surface area contributed by atoms with Gasteiger partial charge in [-0.2, -0.15) is 5.10 Å². The molecule has 3 rings (SSSR count). The predicted molar refractivity (Wildman–Crippen MR) is 64.5 cm³/mol. The highest BCUT2D eigenvalue weighted by atomic mass is 15.1. The zero-order valence-corrected chi connectivity index (χ0v) is 10.3. The molecule has 3 nitrogen and oxygen atoms in total. The summed E-state index contributed by atoms with van der Waals surface area (Å²) in [6.45, 7) is 4.75. The van der Waals surface area contributed by atoms with Gasteiger partial charge in [0.25, 0.3) is 0 Å². The maximum absolute atomic E-state index is 4.45. The Labute approximate surface area is 97.2 Å². The molecule has 16 heavy (non-hydrogen) atoms. The van der Waals surface area contributed by atoms with E-state index >= 15 is 0 Å². The van der Waals surface area contributed by atoms with Gasteiger partial charge in [0.2, 0.25) is 0 Å². The molecule has 0 unspecified atom stereocenters. The standard InChI is InChI=1S/C13H21N3/c1-3-12-11-6-10-8-16(2)5-4-9(10)7-13(11)15-14-12/h9-10H,3-8H2,1-2H3,(H,14,15)/t9-,10+/m0/s1. The molecule has 2 aliphatic rings. The zero-order valence-electron chi connectivity index (χ0n) is 10.3. The van der Waals surface area contributed by atoms with E-state index in [1.165, 1.54) is 43.7 Å². The summed E-state index contributed by atoms with van der Waals surface area (Å²) < 4.78 is 0. The lowest BCUT2D eigenvalue weighted by Crippen LogP contribution is -2.41. The van der Waals surface area contributed by atoms with Crippen molar-refractivity contribution in [3.05, 3.63) is 17.0 Å². The Kier molecular flexibility index (Phi) is 2.51. The minimum absolute atomic E-state index is 0.870. The summed E-state index contributed by atoms with van der Waals surface area (Å²) in [7, 11) is 2.25. The molecule has 1 aromatic rings. The first kappa shape index (κ1) is 10.3. The Morgan fingerprint density at radius 3 is 3.06 bits per heavy atom. The molecule has 1 fully saturated rings. The van der Waals surface area contributed by atoms with Crippen LogP contribution in [0, 0.1) is 11.8 Å². The molecule has 1 aromatic heterocycles. The summed E-state index contributed by atoms with van der Waals surface area (Å²) in [6, 6.07) is 0. The molecule has 0 saturated carbocycles. The molecule has 3 heteroatoms. The van der Waals surface area contributed by atoms with Gasteiger partial charge in [0.15, 0.2) is 0 Å². The van der Waals surface area contributed by atoms with Crippen LogP contribution in [0.3, 0.4) is 0 Å². The predicted octanol–water partition coefficient (Wildman–Crippen LogP) is 1.64. The van der Waals surface area contributed by atoms with Gasteiger partial charge < -0.3 is 4.90 Å². The van der Waals surface area contributed by atoms with E-state index in [-0.39, 0.29) is 0 Å². The highest BCUT2D eigenvalue weighted by Gasteiger charge is 2.34. The number of hydrogen-bond donors (Lipinski definition) is 1. The number of rotatable bonds is 1.